The molecule has 0 aliphatic heterocycles. The second-order valence-corrected chi connectivity index (χ2v) is 8.33. The van der Waals surface area contributed by atoms with Gasteiger partial charge in [0.1, 0.15) is 0 Å². The zero-order valence-electron chi connectivity index (χ0n) is 14.9. The number of aliphatic hydroxyl groups excluding tert-OH is 2. The summed E-state index contributed by atoms with van der Waals surface area (Å²) in [7, 11) is 0. The van der Waals surface area contributed by atoms with E-state index in [0.29, 0.717) is 5.41 Å². The smallest absolute Gasteiger partial charge is 0.0540 e. The lowest BCUT2D eigenvalue weighted by molar-refractivity contribution is -0.0156. The second-order valence-electron chi connectivity index (χ2n) is 8.33. The second kappa shape index (κ2) is 8.68. The highest BCUT2D eigenvalue weighted by Crippen LogP contribution is 2.51. The summed E-state index contributed by atoms with van der Waals surface area (Å²) in [4.78, 5) is 0. The van der Waals surface area contributed by atoms with Crippen LogP contribution in [0.3, 0.4) is 0 Å². The Balaban J connectivity index is 1.98. The van der Waals surface area contributed by atoms with Gasteiger partial charge in [0, 0.05) is 0 Å². The number of rotatable bonds is 7. The van der Waals surface area contributed by atoms with Crippen LogP contribution < -0.4 is 0 Å². The standard InChI is InChI=1S/C20H38O2/c1-3-4-5-6-15-20(2,16-7-11-18(21)12-8-16)17-9-13-19(22)14-10-17/h16-19,21-22H,3-15H2,1-2H3. The van der Waals surface area contributed by atoms with Crippen LogP contribution in [0.15, 0.2) is 0 Å². The Bertz CT molecular complexity index is 277. The van der Waals surface area contributed by atoms with E-state index < -0.39 is 0 Å². The van der Waals surface area contributed by atoms with Crippen LogP contribution in [-0.2, 0) is 0 Å². The van der Waals surface area contributed by atoms with Crippen molar-refractivity contribution in [2.24, 2.45) is 17.3 Å². The van der Waals surface area contributed by atoms with Crippen molar-refractivity contribution in [3.63, 3.8) is 0 Å². The molecule has 2 saturated carbocycles. The van der Waals surface area contributed by atoms with Crippen molar-refractivity contribution < 1.29 is 10.2 Å². The van der Waals surface area contributed by atoms with Crippen molar-refractivity contribution in [1.82, 2.24) is 0 Å². The summed E-state index contributed by atoms with van der Waals surface area (Å²) in [5.41, 5.74) is 0.439. The summed E-state index contributed by atoms with van der Waals surface area (Å²) in [6.45, 7) is 4.83. The van der Waals surface area contributed by atoms with Crippen LogP contribution in [0.2, 0.25) is 0 Å². The van der Waals surface area contributed by atoms with E-state index >= 15 is 0 Å². The van der Waals surface area contributed by atoms with Crippen molar-refractivity contribution in [3.8, 4) is 0 Å². The molecule has 0 atom stereocenters. The Hall–Kier alpha value is -0.0800. The van der Waals surface area contributed by atoms with Gasteiger partial charge in [-0.2, -0.15) is 0 Å². The lowest BCUT2D eigenvalue weighted by atomic mass is 9.57. The average molecular weight is 311 g/mol. The van der Waals surface area contributed by atoms with E-state index in [1.165, 1.54) is 57.8 Å². The van der Waals surface area contributed by atoms with E-state index in [2.05, 4.69) is 13.8 Å². The summed E-state index contributed by atoms with van der Waals surface area (Å²) in [6.07, 6.45) is 15.5. The molecule has 2 N–H and O–H groups in total. The van der Waals surface area contributed by atoms with Crippen molar-refractivity contribution in [3.05, 3.63) is 0 Å². The highest BCUT2D eigenvalue weighted by Gasteiger charge is 2.42. The first-order chi connectivity index (χ1) is 10.6. The lowest BCUT2D eigenvalue weighted by Crippen LogP contribution is -2.40. The summed E-state index contributed by atoms with van der Waals surface area (Å²) in [6, 6.07) is 0. The van der Waals surface area contributed by atoms with Gasteiger partial charge in [-0.25, -0.2) is 0 Å². The quantitative estimate of drug-likeness (QED) is 0.645. The molecule has 2 aliphatic carbocycles. The topological polar surface area (TPSA) is 40.5 Å². The van der Waals surface area contributed by atoms with Crippen molar-refractivity contribution in [2.75, 3.05) is 0 Å². The fourth-order valence-corrected chi connectivity index (χ4v) is 5.14. The predicted molar refractivity (Wildman–Crippen MR) is 92.8 cm³/mol. The van der Waals surface area contributed by atoms with Crippen molar-refractivity contribution >= 4 is 0 Å². The molecule has 2 fully saturated rings. The first-order valence-electron chi connectivity index (χ1n) is 9.92. The molecule has 0 saturated heterocycles. The molecule has 0 unspecified atom stereocenters. The molecule has 2 nitrogen and oxygen atoms in total. The molecule has 2 rings (SSSR count). The minimum Gasteiger partial charge on any atom is -0.393 e. The van der Waals surface area contributed by atoms with Gasteiger partial charge in [-0.15, -0.1) is 0 Å². The Morgan fingerprint density at radius 2 is 1.18 bits per heavy atom. The van der Waals surface area contributed by atoms with Crippen molar-refractivity contribution in [1.29, 1.82) is 0 Å². The van der Waals surface area contributed by atoms with Crippen LogP contribution in [0.25, 0.3) is 0 Å². The maximum atomic E-state index is 9.85. The molecular weight excluding hydrogens is 272 g/mol. The molecule has 130 valence electrons. The number of unbranched alkanes of at least 4 members (excludes halogenated alkanes) is 3. The van der Waals surface area contributed by atoms with E-state index in [9.17, 15) is 10.2 Å². The highest BCUT2D eigenvalue weighted by molar-refractivity contribution is 4.93. The Kier molecular flexibility index (Phi) is 7.21. The fourth-order valence-electron chi connectivity index (χ4n) is 5.14. The summed E-state index contributed by atoms with van der Waals surface area (Å²) < 4.78 is 0. The maximum Gasteiger partial charge on any atom is 0.0540 e. The fraction of sp³-hybridized carbons (Fsp3) is 1.00. The van der Waals surface area contributed by atoms with Gasteiger partial charge in [0.05, 0.1) is 12.2 Å². The summed E-state index contributed by atoms with van der Waals surface area (Å²) >= 11 is 0. The first-order valence-corrected chi connectivity index (χ1v) is 9.92. The molecule has 0 aromatic rings. The van der Waals surface area contributed by atoms with Gasteiger partial charge in [0.25, 0.3) is 0 Å². The molecule has 0 heterocycles. The Labute approximate surface area is 137 Å². The maximum absolute atomic E-state index is 9.85. The van der Waals surface area contributed by atoms with Gasteiger partial charge in [-0.05, 0) is 75.0 Å². The molecule has 22 heavy (non-hydrogen) atoms. The van der Waals surface area contributed by atoms with E-state index in [-0.39, 0.29) is 12.2 Å². The zero-order chi connectivity index (χ0) is 16.0. The van der Waals surface area contributed by atoms with Crippen LogP contribution >= 0.6 is 0 Å². The summed E-state index contributed by atoms with van der Waals surface area (Å²) in [5, 5.41) is 19.7. The van der Waals surface area contributed by atoms with Crippen LogP contribution in [-0.4, -0.2) is 22.4 Å². The van der Waals surface area contributed by atoms with Crippen LogP contribution in [0.1, 0.15) is 97.3 Å². The third kappa shape index (κ3) is 4.71. The monoisotopic (exact) mass is 310 g/mol. The molecule has 0 amide bonds. The van der Waals surface area contributed by atoms with Gasteiger partial charge >= 0.3 is 0 Å². The number of aliphatic hydroxyl groups is 2. The van der Waals surface area contributed by atoms with E-state index in [0.717, 1.165) is 37.5 Å². The third-order valence-electron chi connectivity index (χ3n) is 6.83. The molecule has 2 aliphatic rings. The average Bonchev–Trinajstić information content (AvgIpc) is 2.52. The van der Waals surface area contributed by atoms with E-state index in [1.807, 2.05) is 0 Å². The SMILES string of the molecule is CCCCCCC(C)(C1CCC(O)CC1)C1CCC(O)CC1. The minimum atomic E-state index is -0.0474. The molecular formula is C20H38O2. The third-order valence-corrected chi connectivity index (χ3v) is 6.83. The minimum absolute atomic E-state index is 0.0474. The van der Waals surface area contributed by atoms with Gasteiger partial charge in [0.15, 0.2) is 0 Å². The van der Waals surface area contributed by atoms with Crippen LogP contribution in [0.5, 0.6) is 0 Å². The van der Waals surface area contributed by atoms with E-state index in [4.69, 9.17) is 0 Å². The van der Waals surface area contributed by atoms with Crippen molar-refractivity contribution in [2.45, 2.75) is 110 Å². The normalized spacial score (nSPS) is 36.0. The molecule has 0 aromatic heterocycles. The van der Waals surface area contributed by atoms with Crippen LogP contribution in [0, 0.1) is 17.3 Å². The van der Waals surface area contributed by atoms with E-state index in [1.54, 1.807) is 0 Å². The first kappa shape index (κ1) is 18.3. The number of hydrogen-bond donors (Lipinski definition) is 2. The molecule has 2 heteroatoms. The van der Waals surface area contributed by atoms with Crippen LogP contribution in [0.4, 0.5) is 0 Å². The van der Waals surface area contributed by atoms with Gasteiger partial charge in [0.2, 0.25) is 0 Å². The predicted octanol–water partition coefficient (Wildman–Crippen LogP) is 5.07. The largest absolute Gasteiger partial charge is 0.393 e. The Morgan fingerprint density at radius 3 is 1.59 bits per heavy atom. The molecule has 0 bridgehead atoms. The molecule has 0 spiro atoms. The lowest BCUT2D eigenvalue weighted by Gasteiger charge is -2.48. The zero-order valence-corrected chi connectivity index (χ0v) is 14.9. The number of hydrogen-bond acceptors (Lipinski definition) is 2. The highest BCUT2D eigenvalue weighted by atomic mass is 16.3. The molecule has 0 radical (unpaired) electrons. The van der Waals surface area contributed by atoms with Gasteiger partial charge < -0.3 is 10.2 Å². The molecule has 0 aromatic carbocycles. The van der Waals surface area contributed by atoms with Gasteiger partial charge in [-0.1, -0.05) is 39.5 Å². The summed E-state index contributed by atoms with van der Waals surface area (Å²) in [5.74, 6) is 1.58. The van der Waals surface area contributed by atoms with Gasteiger partial charge in [-0.3, -0.25) is 0 Å². The Morgan fingerprint density at radius 1 is 0.727 bits per heavy atom.